The number of carbonyl (C=O) groups is 1. The van der Waals surface area contributed by atoms with Gasteiger partial charge < -0.3 is 0 Å². The Hall–Kier alpha value is -2.35. The minimum absolute atomic E-state index is 0.0536. The van der Waals surface area contributed by atoms with Crippen molar-refractivity contribution in [2.45, 2.75) is 23.3 Å². The molecular formula is C23H21N3OS3. The normalized spacial score (nSPS) is 11.0. The first-order chi connectivity index (χ1) is 14.7. The van der Waals surface area contributed by atoms with E-state index in [9.17, 15) is 4.79 Å². The van der Waals surface area contributed by atoms with E-state index >= 15 is 0 Å². The number of fused-ring (bicyclic) bond motifs is 1. The highest BCUT2D eigenvalue weighted by Gasteiger charge is 2.23. The average molecular weight is 452 g/mol. The molecule has 2 heterocycles. The number of para-hydroxylation sites is 1. The van der Waals surface area contributed by atoms with Crippen molar-refractivity contribution in [1.29, 1.82) is 0 Å². The van der Waals surface area contributed by atoms with Gasteiger partial charge in [-0.2, -0.15) is 0 Å². The van der Waals surface area contributed by atoms with Crippen LogP contribution < -0.4 is 4.90 Å². The van der Waals surface area contributed by atoms with Crippen LogP contribution >= 0.6 is 34.9 Å². The molecule has 0 radical (unpaired) electrons. The highest BCUT2D eigenvalue weighted by atomic mass is 32.2. The van der Waals surface area contributed by atoms with E-state index in [1.807, 2.05) is 48.7 Å². The molecule has 0 saturated carbocycles. The summed E-state index contributed by atoms with van der Waals surface area (Å²) in [7, 11) is 0. The highest BCUT2D eigenvalue weighted by molar-refractivity contribution is 7.99. The van der Waals surface area contributed by atoms with Crippen molar-refractivity contribution in [2.24, 2.45) is 0 Å². The van der Waals surface area contributed by atoms with Gasteiger partial charge in [0.25, 0.3) is 5.91 Å². The van der Waals surface area contributed by atoms with E-state index in [2.05, 4.69) is 24.0 Å². The number of thioether (sulfide) groups is 2. The number of rotatable bonds is 7. The van der Waals surface area contributed by atoms with Crippen LogP contribution in [0, 0.1) is 0 Å². The number of hydrogen-bond acceptors (Lipinski definition) is 6. The lowest BCUT2D eigenvalue weighted by atomic mass is 10.2. The first-order valence-electron chi connectivity index (χ1n) is 9.56. The lowest BCUT2D eigenvalue weighted by Gasteiger charge is -2.20. The van der Waals surface area contributed by atoms with Gasteiger partial charge in [0.05, 0.1) is 16.8 Å². The van der Waals surface area contributed by atoms with Gasteiger partial charge >= 0.3 is 0 Å². The van der Waals surface area contributed by atoms with Crippen LogP contribution in [-0.4, -0.2) is 27.9 Å². The summed E-state index contributed by atoms with van der Waals surface area (Å²) in [6.07, 6.45) is 5.58. The van der Waals surface area contributed by atoms with Gasteiger partial charge in [0.15, 0.2) is 5.13 Å². The Kier molecular flexibility index (Phi) is 6.72. The van der Waals surface area contributed by atoms with E-state index in [0.717, 1.165) is 31.3 Å². The van der Waals surface area contributed by atoms with E-state index in [-0.39, 0.29) is 5.91 Å². The molecule has 0 fully saturated rings. The number of anilines is 1. The Morgan fingerprint density at radius 2 is 2.00 bits per heavy atom. The summed E-state index contributed by atoms with van der Waals surface area (Å²) in [5.41, 5.74) is 2.58. The van der Waals surface area contributed by atoms with Crippen LogP contribution in [0.4, 0.5) is 5.13 Å². The monoisotopic (exact) mass is 451 g/mol. The maximum absolute atomic E-state index is 13.6. The fourth-order valence-corrected chi connectivity index (χ4v) is 5.47. The summed E-state index contributed by atoms with van der Waals surface area (Å²) in [5.74, 6) is 0.911. The van der Waals surface area contributed by atoms with E-state index < -0.39 is 0 Å². The fourth-order valence-electron chi connectivity index (χ4n) is 3.13. The Bertz CT molecular complexity index is 1160. The third-order valence-corrected chi connectivity index (χ3v) is 7.21. The Morgan fingerprint density at radius 1 is 1.13 bits per heavy atom. The highest BCUT2D eigenvalue weighted by Crippen LogP contribution is 2.35. The molecule has 0 saturated heterocycles. The summed E-state index contributed by atoms with van der Waals surface area (Å²) in [5, 5.41) is 0.703. The molecule has 0 spiro atoms. The molecule has 4 rings (SSSR count). The lowest BCUT2D eigenvalue weighted by molar-refractivity contribution is 0.0985. The van der Waals surface area contributed by atoms with E-state index in [1.54, 1.807) is 52.2 Å². The summed E-state index contributed by atoms with van der Waals surface area (Å²) < 4.78 is 1.08. The number of pyridine rings is 1. The topological polar surface area (TPSA) is 46.1 Å². The SMILES string of the molecule is CCSc1cccc(C(=O)N(Cc2cccnc2)c2nc3c(SC)cccc3s2)c1. The Labute approximate surface area is 188 Å². The first-order valence-corrected chi connectivity index (χ1v) is 12.6. The van der Waals surface area contributed by atoms with Gasteiger partial charge in [0.2, 0.25) is 0 Å². The number of nitrogens with zero attached hydrogens (tertiary/aromatic N) is 3. The molecule has 0 unspecified atom stereocenters. The Balaban J connectivity index is 1.76. The maximum atomic E-state index is 13.6. The van der Waals surface area contributed by atoms with Gasteiger partial charge in [0.1, 0.15) is 0 Å². The first kappa shape index (κ1) is 20.9. The van der Waals surface area contributed by atoms with Crippen LogP contribution in [0.2, 0.25) is 0 Å². The van der Waals surface area contributed by atoms with Gasteiger partial charge in [-0.05, 0) is 54.0 Å². The molecule has 0 N–H and O–H groups in total. The fraction of sp³-hybridized carbons (Fsp3) is 0.174. The van der Waals surface area contributed by atoms with Crippen molar-refractivity contribution >= 4 is 56.1 Å². The van der Waals surface area contributed by atoms with Crippen molar-refractivity contribution in [3.05, 3.63) is 78.1 Å². The molecular weight excluding hydrogens is 430 g/mol. The number of carbonyl (C=O) groups excluding carboxylic acids is 1. The van der Waals surface area contributed by atoms with Crippen molar-refractivity contribution in [3.63, 3.8) is 0 Å². The number of benzene rings is 2. The smallest absolute Gasteiger partial charge is 0.260 e. The molecule has 30 heavy (non-hydrogen) atoms. The van der Waals surface area contributed by atoms with E-state index in [4.69, 9.17) is 4.98 Å². The predicted molar refractivity (Wildman–Crippen MR) is 129 cm³/mol. The third kappa shape index (κ3) is 4.53. The van der Waals surface area contributed by atoms with E-state index in [1.165, 1.54) is 0 Å². The zero-order valence-electron chi connectivity index (χ0n) is 16.7. The summed E-state index contributed by atoms with van der Waals surface area (Å²) >= 11 is 4.94. The van der Waals surface area contributed by atoms with Gasteiger partial charge in [-0.1, -0.05) is 36.5 Å². The predicted octanol–water partition coefficient (Wildman–Crippen LogP) is 6.37. The zero-order chi connectivity index (χ0) is 20.9. The van der Waals surface area contributed by atoms with Crippen LogP contribution in [0.5, 0.6) is 0 Å². The molecule has 0 atom stereocenters. The van der Waals surface area contributed by atoms with Crippen LogP contribution in [-0.2, 0) is 6.54 Å². The van der Waals surface area contributed by atoms with Crippen LogP contribution in [0.3, 0.4) is 0 Å². The molecule has 0 bridgehead atoms. The van der Waals surface area contributed by atoms with Gasteiger partial charge in [0, 0.05) is 27.7 Å². The Morgan fingerprint density at radius 3 is 2.77 bits per heavy atom. The van der Waals surface area contributed by atoms with Crippen LogP contribution in [0.15, 0.2) is 76.8 Å². The molecule has 0 aliphatic heterocycles. The number of hydrogen-bond donors (Lipinski definition) is 0. The van der Waals surface area contributed by atoms with Crippen molar-refractivity contribution < 1.29 is 4.79 Å². The number of amides is 1. The number of aromatic nitrogens is 2. The molecule has 1 amide bonds. The van der Waals surface area contributed by atoms with Crippen molar-refractivity contribution in [2.75, 3.05) is 16.9 Å². The van der Waals surface area contributed by atoms with Crippen molar-refractivity contribution in [1.82, 2.24) is 9.97 Å². The van der Waals surface area contributed by atoms with Gasteiger partial charge in [-0.15, -0.1) is 23.5 Å². The lowest BCUT2D eigenvalue weighted by Crippen LogP contribution is -2.30. The molecule has 7 heteroatoms. The summed E-state index contributed by atoms with van der Waals surface area (Å²) in [6, 6.07) is 17.9. The zero-order valence-corrected chi connectivity index (χ0v) is 19.2. The second kappa shape index (κ2) is 9.64. The molecule has 2 aromatic heterocycles. The average Bonchev–Trinajstić information content (AvgIpc) is 3.22. The quantitative estimate of drug-likeness (QED) is 0.305. The second-order valence-electron chi connectivity index (χ2n) is 6.52. The number of thiazole rings is 1. The molecule has 4 aromatic rings. The van der Waals surface area contributed by atoms with Crippen LogP contribution in [0.1, 0.15) is 22.8 Å². The third-order valence-electron chi connectivity index (χ3n) is 4.52. The molecule has 2 aromatic carbocycles. The van der Waals surface area contributed by atoms with Crippen LogP contribution in [0.25, 0.3) is 10.2 Å². The molecule has 152 valence electrons. The molecule has 4 nitrogen and oxygen atoms in total. The minimum atomic E-state index is -0.0536. The minimum Gasteiger partial charge on any atom is -0.279 e. The second-order valence-corrected chi connectivity index (χ2v) is 9.71. The maximum Gasteiger partial charge on any atom is 0.260 e. The molecule has 0 aliphatic rings. The molecule has 0 aliphatic carbocycles. The van der Waals surface area contributed by atoms with Crippen molar-refractivity contribution in [3.8, 4) is 0 Å². The standard InChI is InChI=1S/C23H21N3OS3/c1-3-29-18-9-4-8-17(13-18)22(27)26(15-16-7-6-12-24-14-16)23-25-21-19(28-2)10-5-11-20(21)30-23/h4-14H,3,15H2,1-2H3. The summed E-state index contributed by atoms with van der Waals surface area (Å²) in [6.45, 7) is 2.53. The van der Waals surface area contributed by atoms with Gasteiger partial charge in [-0.25, -0.2) is 4.98 Å². The van der Waals surface area contributed by atoms with E-state index in [0.29, 0.717) is 17.2 Å². The largest absolute Gasteiger partial charge is 0.279 e. The summed E-state index contributed by atoms with van der Waals surface area (Å²) in [4.78, 5) is 26.6. The van der Waals surface area contributed by atoms with Gasteiger partial charge in [-0.3, -0.25) is 14.7 Å².